The normalized spacial score (nSPS) is 22.0. The van der Waals surface area contributed by atoms with Gasteiger partial charge in [-0.15, -0.1) is 0 Å². The topological polar surface area (TPSA) is 114 Å². The number of amides is 1. The largest absolute Gasteiger partial charge is 0.438 e. The molecule has 0 fully saturated rings. The number of hydrogen-bond acceptors (Lipinski definition) is 6. The van der Waals surface area contributed by atoms with E-state index in [0.29, 0.717) is 0 Å². The number of nitrogens with zero attached hydrogens (tertiary/aromatic N) is 5. The minimum atomic E-state index is -5.11. The van der Waals surface area contributed by atoms with Gasteiger partial charge >= 0.3 is 11.9 Å². The van der Waals surface area contributed by atoms with Crippen molar-refractivity contribution in [1.29, 1.82) is 0 Å². The van der Waals surface area contributed by atoms with Crippen LogP contribution >= 0.6 is 0 Å². The molecule has 12 heteroatoms. The quantitative estimate of drug-likeness (QED) is 0.655. The Labute approximate surface area is 133 Å². The first-order chi connectivity index (χ1) is 10.9. The number of aryl methyl sites for hydroxylation is 1. The number of nitro groups is 1. The van der Waals surface area contributed by atoms with Crippen molar-refractivity contribution < 1.29 is 28.0 Å². The second-order valence-electron chi connectivity index (χ2n) is 5.36. The summed E-state index contributed by atoms with van der Waals surface area (Å²) >= 11 is 0. The Morgan fingerprint density at radius 3 is 2.54 bits per heavy atom. The molecule has 0 saturated heterocycles. The first kappa shape index (κ1) is 17.8. The van der Waals surface area contributed by atoms with E-state index in [1.54, 1.807) is 0 Å². The monoisotopic (exact) mass is 349 g/mol. The summed E-state index contributed by atoms with van der Waals surface area (Å²) in [5.41, 5.74) is -3.74. The van der Waals surface area contributed by atoms with Crippen molar-refractivity contribution in [2.45, 2.75) is 45.1 Å². The second-order valence-corrected chi connectivity index (χ2v) is 5.36. The van der Waals surface area contributed by atoms with Crippen molar-refractivity contribution in [3.8, 4) is 0 Å². The molecule has 1 aliphatic heterocycles. The number of halogens is 3. The lowest BCUT2D eigenvalue weighted by atomic mass is 10.1. The lowest BCUT2D eigenvalue weighted by Crippen LogP contribution is -2.57. The lowest BCUT2D eigenvalue weighted by molar-refractivity contribution is -0.386. The molecule has 0 bridgehead atoms. The van der Waals surface area contributed by atoms with Gasteiger partial charge in [0.1, 0.15) is 17.4 Å². The summed E-state index contributed by atoms with van der Waals surface area (Å²) in [5.74, 6) is -1.19. The van der Waals surface area contributed by atoms with Crippen molar-refractivity contribution in [1.82, 2.24) is 14.8 Å². The van der Waals surface area contributed by atoms with Crippen molar-refractivity contribution >= 4 is 17.8 Å². The van der Waals surface area contributed by atoms with Crippen LogP contribution < -0.4 is 0 Å². The fraction of sp³-hybridized carbons (Fsp3) is 0.583. The van der Waals surface area contributed by atoms with Gasteiger partial charge in [0.2, 0.25) is 0 Å². The molecule has 132 valence electrons. The summed E-state index contributed by atoms with van der Waals surface area (Å²) in [6.45, 7) is 3.89. The zero-order chi connectivity index (χ0) is 18.4. The van der Waals surface area contributed by atoms with Gasteiger partial charge in [0.15, 0.2) is 0 Å². The standard InChI is InChI=1S/C12H14F3N5O4/c1-6-9(20(23)24)7(2)18(17-6)8(3)10(21)19-11(22,4-5-16-19)12(13,14)15/h5,8,22H,4H2,1-3H3/t8-,11+/m1/s1. The number of aromatic nitrogens is 2. The fourth-order valence-electron chi connectivity index (χ4n) is 2.48. The van der Waals surface area contributed by atoms with Crippen LogP contribution in [0.5, 0.6) is 0 Å². The minimum Gasteiger partial charge on any atom is -0.362 e. The minimum absolute atomic E-state index is 0.0112. The average molecular weight is 349 g/mol. The van der Waals surface area contributed by atoms with Crippen molar-refractivity contribution in [2.75, 3.05) is 0 Å². The number of hydrazone groups is 1. The molecule has 2 atom stereocenters. The molecule has 2 heterocycles. The van der Waals surface area contributed by atoms with Crippen LogP contribution in [0.1, 0.15) is 30.8 Å². The van der Waals surface area contributed by atoms with Gasteiger partial charge in [0, 0.05) is 12.6 Å². The molecule has 1 N–H and O–H groups in total. The molecule has 1 amide bonds. The molecule has 1 aromatic heterocycles. The molecular formula is C12H14F3N5O4. The van der Waals surface area contributed by atoms with E-state index >= 15 is 0 Å². The van der Waals surface area contributed by atoms with Crippen molar-refractivity contribution in [3.05, 3.63) is 21.5 Å². The Kier molecular flexibility index (Phi) is 4.12. The second kappa shape index (κ2) is 5.54. The maximum atomic E-state index is 13.0. The Morgan fingerprint density at radius 1 is 1.50 bits per heavy atom. The predicted octanol–water partition coefficient (Wildman–Crippen LogP) is 1.44. The van der Waals surface area contributed by atoms with Gasteiger partial charge in [0.25, 0.3) is 11.6 Å². The van der Waals surface area contributed by atoms with E-state index in [4.69, 9.17) is 0 Å². The number of aliphatic hydroxyl groups is 1. The highest BCUT2D eigenvalue weighted by Gasteiger charge is 2.62. The van der Waals surface area contributed by atoms with Gasteiger partial charge in [-0.2, -0.15) is 28.4 Å². The molecule has 24 heavy (non-hydrogen) atoms. The molecule has 9 nitrogen and oxygen atoms in total. The maximum Gasteiger partial charge on any atom is 0.438 e. The van der Waals surface area contributed by atoms with Gasteiger partial charge in [0.05, 0.1) is 4.92 Å². The van der Waals surface area contributed by atoms with E-state index in [2.05, 4.69) is 10.2 Å². The van der Waals surface area contributed by atoms with Gasteiger partial charge in [-0.3, -0.25) is 19.6 Å². The third-order valence-electron chi connectivity index (χ3n) is 3.78. The van der Waals surface area contributed by atoms with Crippen LogP contribution in [0.4, 0.5) is 18.9 Å². The number of alkyl halides is 3. The Bertz CT molecular complexity index is 729. The number of hydrogen-bond donors (Lipinski definition) is 1. The molecular weight excluding hydrogens is 335 g/mol. The predicted molar refractivity (Wildman–Crippen MR) is 74.0 cm³/mol. The van der Waals surface area contributed by atoms with Gasteiger partial charge in [-0.25, -0.2) is 0 Å². The van der Waals surface area contributed by atoms with E-state index in [0.717, 1.165) is 10.9 Å². The molecule has 0 radical (unpaired) electrons. The number of carbonyl (C=O) groups is 1. The molecule has 0 unspecified atom stereocenters. The molecule has 0 saturated carbocycles. The Balaban J connectivity index is 2.39. The zero-order valence-electron chi connectivity index (χ0n) is 12.9. The van der Waals surface area contributed by atoms with E-state index in [9.17, 15) is 33.2 Å². The summed E-state index contributed by atoms with van der Waals surface area (Å²) in [7, 11) is 0. The summed E-state index contributed by atoms with van der Waals surface area (Å²) < 4.78 is 40.1. The lowest BCUT2D eigenvalue weighted by Gasteiger charge is -2.33. The van der Waals surface area contributed by atoms with Crippen LogP contribution in [0, 0.1) is 24.0 Å². The van der Waals surface area contributed by atoms with Gasteiger partial charge in [-0.05, 0) is 20.8 Å². The molecule has 1 aliphatic rings. The van der Waals surface area contributed by atoms with Gasteiger partial charge < -0.3 is 5.11 Å². The molecule has 0 aliphatic carbocycles. The molecule has 0 spiro atoms. The van der Waals surface area contributed by atoms with E-state index in [1.165, 1.54) is 20.8 Å². The van der Waals surface area contributed by atoms with Crippen molar-refractivity contribution in [2.24, 2.45) is 5.10 Å². The summed E-state index contributed by atoms with van der Waals surface area (Å²) in [6.07, 6.45) is -5.23. The van der Waals surface area contributed by atoms with Crippen molar-refractivity contribution in [3.63, 3.8) is 0 Å². The van der Waals surface area contributed by atoms with Crippen LogP contribution in [0.25, 0.3) is 0 Å². The molecule has 0 aromatic carbocycles. The first-order valence-electron chi connectivity index (χ1n) is 6.77. The van der Waals surface area contributed by atoms with E-state index < -0.39 is 35.2 Å². The summed E-state index contributed by atoms with van der Waals surface area (Å²) in [5, 5.41) is 27.9. The van der Waals surface area contributed by atoms with Crippen LogP contribution in [0.3, 0.4) is 0 Å². The third kappa shape index (κ3) is 2.52. The molecule has 1 aromatic rings. The number of rotatable bonds is 3. The van der Waals surface area contributed by atoms with Crippen LogP contribution in [-0.4, -0.2) is 48.8 Å². The van der Waals surface area contributed by atoms with Gasteiger partial charge in [-0.1, -0.05) is 0 Å². The SMILES string of the molecule is Cc1nn([C@H](C)C(=O)N2N=CC[C@]2(O)C(F)(F)F)c(C)c1[N+](=O)[O-]. The zero-order valence-corrected chi connectivity index (χ0v) is 12.9. The van der Waals surface area contributed by atoms with Crippen LogP contribution in [-0.2, 0) is 4.79 Å². The van der Waals surface area contributed by atoms with Crippen LogP contribution in [0.2, 0.25) is 0 Å². The Morgan fingerprint density at radius 2 is 2.08 bits per heavy atom. The highest BCUT2D eigenvalue weighted by molar-refractivity contribution is 5.83. The first-order valence-corrected chi connectivity index (χ1v) is 6.77. The van der Waals surface area contributed by atoms with E-state index in [1.807, 2.05) is 0 Å². The number of carbonyl (C=O) groups excluding carboxylic acids is 1. The maximum absolute atomic E-state index is 13.0. The third-order valence-corrected chi connectivity index (χ3v) is 3.78. The highest BCUT2D eigenvalue weighted by Crippen LogP contribution is 2.39. The average Bonchev–Trinajstić information content (AvgIpc) is 2.98. The van der Waals surface area contributed by atoms with Crippen LogP contribution in [0.15, 0.2) is 5.10 Å². The highest BCUT2D eigenvalue weighted by atomic mass is 19.4. The Hall–Kier alpha value is -2.50. The summed E-state index contributed by atoms with van der Waals surface area (Å²) in [6, 6.07) is -1.33. The fourth-order valence-corrected chi connectivity index (χ4v) is 2.48. The molecule has 2 rings (SSSR count). The summed E-state index contributed by atoms with van der Waals surface area (Å²) in [4.78, 5) is 22.7. The van der Waals surface area contributed by atoms with E-state index in [-0.39, 0.29) is 22.1 Å². The smallest absolute Gasteiger partial charge is 0.362 e.